The van der Waals surface area contributed by atoms with Crippen LogP contribution >= 0.6 is 11.3 Å². The Hall–Kier alpha value is -3.04. The molecule has 3 aromatic rings. The minimum Gasteiger partial charge on any atom is -0.464 e. The van der Waals surface area contributed by atoms with E-state index in [-0.39, 0.29) is 23.2 Å². The Bertz CT molecular complexity index is 1110. The average molecular weight is 429 g/mol. The fraction of sp³-hybridized carbons (Fsp3) is 0.333. The Morgan fingerprint density at radius 1 is 1.23 bits per heavy atom. The summed E-state index contributed by atoms with van der Waals surface area (Å²) >= 11 is 1.07. The summed E-state index contributed by atoms with van der Waals surface area (Å²) in [6.45, 7) is 5.49. The van der Waals surface area contributed by atoms with E-state index in [1.807, 2.05) is 39.0 Å². The lowest BCUT2D eigenvalue weighted by Gasteiger charge is -2.25. The highest BCUT2D eigenvalue weighted by Crippen LogP contribution is 2.26. The number of thiazole rings is 1. The van der Waals surface area contributed by atoms with Crippen LogP contribution < -0.4 is 5.73 Å². The Kier molecular flexibility index (Phi) is 6.04. The van der Waals surface area contributed by atoms with Gasteiger partial charge in [0.05, 0.1) is 18.2 Å². The summed E-state index contributed by atoms with van der Waals surface area (Å²) in [4.78, 5) is 41.0. The maximum Gasteiger partial charge on any atom is 0.357 e. The zero-order valence-corrected chi connectivity index (χ0v) is 18.0. The zero-order chi connectivity index (χ0) is 22.1. The topological polar surface area (TPSA) is 114 Å². The molecular formula is C21H23N3O5S. The lowest BCUT2D eigenvalue weighted by Crippen LogP contribution is -2.43. The maximum atomic E-state index is 13.0. The highest BCUT2D eigenvalue weighted by atomic mass is 32.1. The molecule has 8 nitrogen and oxygen atoms in total. The van der Waals surface area contributed by atoms with Gasteiger partial charge in [0.2, 0.25) is 5.78 Å². The minimum absolute atomic E-state index is 0.0817. The summed E-state index contributed by atoms with van der Waals surface area (Å²) in [5, 5.41) is 2.34. The van der Waals surface area contributed by atoms with Crippen LogP contribution in [0.4, 0.5) is 0 Å². The van der Waals surface area contributed by atoms with E-state index < -0.39 is 23.4 Å². The van der Waals surface area contributed by atoms with Crippen LogP contribution in [0.2, 0.25) is 0 Å². The van der Waals surface area contributed by atoms with Crippen molar-refractivity contribution in [2.24, 2.45) is 11.1 Å². The predicted octanol–water partition coefficient (Wildman–Crippen LogP) is 2.99. The lowest BCUT2D eigenvalue weighted by atomic mass is 9.87. The fourth-order valence-corrected chi connectivity index (χ4v) is 3.54. The first kappa shape index (κ1) is 21.7. The number of nitrogens with two attached hydrogens (primary N) is 1. The van der Waals surface area contributed by atoms with Crippen molar-refractivity contribution >= 4 is 40.0 Å². The average Bonchev–Trinajstić information content (AvgIpc) is 3.35. The first-order valence-electron chi connectivity index (χ1n) is 9.22. The summed E-state index contributed by atoms with van der Waals surface area (Å²) in [6.07, 6.45) is 1.61. The van der Waals surface area contributed by atoms with E-state index in [0.717, 1.165) is 16.9 Å². The SMILES string of the molecule is COC(=O)c1csc(C(=O)c2cn(COC(=O)[C@@H](N)C(C)(C)C)c3ccccc23)n1. The Morgan fingerprint density at radius 2 is 1.93 bits per heavy atom. The molecule has 0 bridgehead atoms. The molecule has 2 aromatic heterocycles. The van der Waals surface area contributed by atoms with Crippen LogP contribution in [-0.4, -0.2) is 40.4 Å². The molecule has 2 heterocycles. The molecule has 1 atom stereocenters. The van der Waals surface area contributed by atoms with Gasteiger partial charge in [-0.05, 0) is 11.5 Å². The summed E-state index contributed by atoms with van der Waals surface area (Å²) in [5.74, 6) is -1.45. The molecular weight excluding hydrogens is 406 g/mol. The van der Waals surface area contributed by atoms with Crippen LogP contribution in [0.15, 0.2) is 35.8 Å². The Labute approximate surface area is 177 Å². The van der Waals surface area contributed by atoms with Gasteiger partial charge in [0.25, 0.3) is 0 Å². The van der Waals surface area contributed by atoms with Gasteiger partial charge in [-0.1, -0.05) is 39.0 Å². The predicted molar refractivity (Wildman–Crippen MR) is 112 cm³/mol. The summed E-state index contributed by atoms with van der Waals surface area (Å²) < 4.78 is 11.7. The third kappa shape index (κ3) is 4.27. The standard InChI is InChI=1S/C21H23N3O5S/c1-21(2,3)17(22)20(27)29-11-24-9-13(12-7-5-6-8-15(12)24)16(25)18-23-14(10-30-18)19(26)28-4/h5-10,17H,11,22H2,1-4H3/t17-/m1/s1. The molecule has 0 aliphatic carbocycles. The van der Waals surface area contributed by atoms with Crippen molar-refractivity contribution in [1.29, 1.82) is 0 Å². The van der Waals surface area contributed by atoms with Gasteiger partial charge >= 0.3 is 11.9 Å². The number of carbonyl (C=O) groups is 3. The highest BCUT2D eigenvalue weighted by Gasteiger charge is 2.29. The highest BCUT2D eigenvalue weighted by molar-refractivity contribution is 7.12. The number of para-hydroxylation sites is 1. The van der Waals surface area contributed by atoms with E-state index in [9.17, 15) is 14.4 Å². The number of benzene rings is 1. The molecule has 3 rings (SSSR count). The molecule has 0 saturated carbocycles. The normalized spacial score (nSPS) is 12.6. The monoisotopic (exact) mass is 429 g/mol. The van der Waals surface area contributed by atoms with Crippen molar-refractivity contribution in [3.8, 4) is 0 Å². The second-order valence-electron chi connectivity index (χ2n) is 7.82. The van der Waals surface area contributed by atoms with Gasteiger partial charge < -0.3 is 19.8 Å². The van der Waals surface area contributed by atoms with Crippen molar-refractivity contribution in [3.63, 3.8) is 0 Å². The summed E-state index contributed by atoms with van der Waals surface area (Å²) in [5.41, 5.74) is 6.73. The summed E-state index contributed by atoms with van der Waals surface area (Å²) in [7, 11) is 1.25. The van der Waals surface area contributed by atoms with Gasteiger partial charge in [0.1, 0.15) is 6.04 Å². The number of methoxy groups -OCH3 is 1. The smallest absolute Gasteiger partial charge is 0.357 e. The van der Waals surface area contributed by atoms with Crippen molar-refractivity contribution < 1.29 is 23.9 Å². The second kappa shape index (κ2) is 8.37. The number of ether oxygens (including phenoxy) is 2. The largest absolute Gasteiger partial charge is 0.464 e. The first-order chi connectivity index (χ1) is 14.1. The van der Waals surface area contributed by atoms with Crippen molar-refractivity contribution in [1.82, 2.24) is 9.55 Å². The van der Waals surface area contributed by atoms with Crippen LogP contribution in [0.5, 0.6) is 0 Å². The number of fused-ring (bicyclic) bond motifs is 1. The van der Waals surface area contributed by atoms with Crippen LogP contribution in [0, 0.1) is 5.41 Å². The summed E-state index contributed by atoms with van der Waals surface area (Å²) in [6, 6.07) is 6.50. The van der Waals surface area contributed by atoms with Crippen molar-refractivity contribution in [2.75, 3.05) is 7.11 Å². The molecule has 2 N–H and O–H groups in total. The molecule has 0 spiro atoms. The number of rotatable bonds is 6. The molecule has 9 heteroatoms. The van der Waals surface area contributed by atoms with Gasteiger partial charge in [-0.2, -0.15) is 0 Å². The van der Waals surface area contributed by atoms with Crippen LogP contribution in [-0.2, 0) is 21.0 Å². The Morgan fingerprint density at radius 3 is 2.60 bits per heavy atom. The van der Waals surface area contributed by atoms with E-state index >= 15 is 0 Å². The first-order valence-corrected chi connectivity index (χ1v) is 10.1. The number of hydrogen-bond acceptors (Lipinski definition) is 8. The molecule has 0 fully saturated rings. The van der Waals surface area contributed by atoms with Crippen LogP contribution in [0.3, 0.4) is 0 Å². The molecule has 0 amide bonds. The number of carbonyl (C=O) groups excluding carboxylic acids is 3. The quantitative estimate of drug-likeness (QED) is 0.473. The molecule has 0 saturated heterocycles. The van der Waals surface area contributed by atoms with Gasteiger partial charge in [-0.15, -0.1) is 11.3 Å². The van der Waals surface area contributed by atoms with Gasteiger partial charge in [0, 0.05) is 17.0 Å². The number of ketones is 1. The minimum atomic E-state index is -0.771. The van der Waals surface area contributed by atoms with Gasteiger partial charge in [0.15, 0.2) is 17.4 Å². The third-order valence-electron chi connectivity index (χ3n) is 4.66. The maximum absolute atomic E-state index is 13.0. The van der Waals surface area contributed by atoms with Crippen LogP contribution in [0.25, 0.3) is 10.9 Å². The zero-order valence-electron chi connectivity index (χ0n) is 17.2. The molecule has 0 unspecified atom stereocenters. The molecule has 0 aliphatic heterocycles. The third-order valence-corrected chi connectivity index (χ3v) is 5.50. The fourth-order valence-electron chi connectivity index (χ4n) is 2.80. The number of aromatic nitrogens is 2. The number of hydrogen-bond donors (Lipinski definition) is 1. The molecule has 0 aliphatic rings. The lowest BCUT2D eigenvalue weighted by molar-refractivity contribution is -0.151. The Balaban J connectivity index is 1.89. The second-order valence-corrected chi connectivity index (χ2v) is 8.68. The molecule has 158 valence electrons. The van der Waals surface area contributed by atoms with Crippen LogP contribution in [0.1, 0.15) is 46.6 Å². The molecule has 30 heavy (non-hydrogen) atoms. The van der Waals surface area contributed by atoms with Gasteiger partial charge in [-0.3, -0.25) is 9.59 Å². The van der Waals surface area contributed by atoms with E-state index in [1.165, 1.54) is 12.5 Å². The van der Waals surface area contributed by atoms with E-state index in [2.05, 4.69) is 9.72 Å². The molecule has 0 radical (unpaired) electrons. The van der Waals surface area contributed by atoms with Crippen molar-refractivity contribution in [2.45, 2.75) is 33.5 Å². The number of nitrogens with zero attached hydrogens (tertiary/aromatic N) is 2. The number of esters is 2. The van der Waals surface area contributed by atoms with E-state index in [1.54, 1.807) is 16.8 Å². The van der Waals surface area contributed by atoms with Crippen molar-refractivity contribution in [3.05, 3.63) is 52.1 Å². The van der Waals surface area contributed by atoms with Gasteiger partial charge in [-0.25, -0.2) is 9.78 Å². The van der Waals surface area contributed by atoms with E-state index in [4.69, 9.17) is 10.5 Å². The molecule has 1 aromatic carbocycles. The van der Waals surface area contributed by atoms with E-state index in [0.29, 0.717) is 10.9 Å².